The lowest BCUT2D eigenvalue weighted by atomic mass is 9.94. The van der Waals surface area contributed by atoms with Crippen molar-refractivity contribution in [1.82, 2.24) is 15.1 Å². The number of nitrogens with zero attached hydrogens (tertiary/aromatic N) is 3. The number of hydrogen-bond donors (Lipinski definition) is 2. The third-order valence-corrected chi connectivity index (χ3v) is 3.34. The first-order chi connectivity index (χ1) is 8.98. The molecule has 106 valence electrons. The van der Waals surface area contributed by atoms with Crippen LogP contribution in [-0.4, -0.2) is 52.4 Å². The Morgan fingerprint density at radius 2 is 1.95 bits per heavy atom. The molecule has 6 heteroatoms. The van der Waals surface area contributed by atoms with Crippen LogP contribution in [0.5, 0.6) is 0 Å². The molecule has 0 atom stereocenters. The lowest BCUT2D eigenvalue weighted by Gasteiger charge is -2.31. The van der Waals surface area contributed by atoms with Crippen molar-refractivity contribution in [1.29, 1.82) is 0 Å². The summed E-state index contributed by atoms with van der Waals surface area (Å²) < 4.78 is 0. The molecule has 0 aromatic carbocycles. The van der Waals surface area contributed by atoms with Gasteiger partial charge in [-0.15, -0.1) is 10.2 Å². The molecule has 1 rings (SSSR count). The molecule has 0 aliphatic heterocycles. The van der Waals surface area contributed by atoms with E-state index in [-0.39, 0.29) is 18.1 Å². The normalized spacial score (nSPS) is 11.2. The smallest absolute Gasteiger partial charge is 0.273 e. The standard InChI is InChI=1S/C13H22N4O2/c1-5-13(6-2,9-18)14-11-8-7-10(15-16-11)12(19)17(3)4/h7-8,18H,5-6,9H2,1-4H3,(H,14,16). The minimum Gasteiger partial charge on any atom is -0.394 e. The van der Waals surface area contributed by atoms with Crippen molar-refractivity contribution in [2.24, 2.45) is 0 Å². The third kappa shape index (κ3) is 3.64. The second-order valence-electron chi connectivity index (χ2n) is 4.77. The van der Waals surface area contributed by atoms with Crippen LogP contribution in [0.4, 0.5) is 5.82 Å². The highest BCUT2D eigenvalue weighted by Gasteiger charge is 2.25. The summed E-state index contributed by atoms with van der Waals surface area (Å²) in [5, 5.41) is 20.6. The van der Waals surface area contributed by atoms with E-state index in [1.807, 2.05) is 13.8 Å². The highest BCUT2D eigenvalue weighted by Crippen LogP contribution is 2.20. The lowest BCUT2D eigenvalue weighted by molar-refractivity contribution is 0.0821. The zero-order valence-corrected chi connectivity index (χ0v) is 12.0. The largest absolute Gasteiger partial charge is 0.394 e. The summed E-state index contributed by atoms with van der Waals surface area (Å²) in [5.41, 5.74) is -0.0833. The Morgan fingerprint density at radius 1 is 1.32 bits per heavy atom. The second kappa shape index (κ2) is 6.47. The molecule has 0 aliphatic rings. The Kier molecular flexibility index (Phi) is 5.23. The van der Waals surface area contributed by atoms with Crippen LogP contribution in [0.3, 0.4) is 0 Å². The van der Waals surface area contributed by atoms with Gasteiger partial charge < -0.3 is 15.3 Å². The monoisotopic (exact) mass is 266 g/mol. The SMILES string of the molecule is CCC(CC)(CO)Nc1ccc(C(=O)N(C)C)nn1. The van der Waals surface area contributed by atoms with Crippen molar-refractivity contribution in [2.45, 2.75) is 32.2 Å². The number of aliphatic hydroxyl groups is 1. The summed E-state index contributed by atoms with van der Waals surface area (Å²) in [4.78, 5) is 13.1. The van der Waals surface area contributed by atoms with Gasteiger partial charge in [0.15, 0.2) is 5.69 Å². The van der Waals surface area contributed by atoms with Crippen molar-refractivity contribution in [3.8, 4) is 0 Å². The van der Waals surface area contributed by atoms with E-state index in [1.54, 1.807) is 26.2 Å². The zero-order valence-electron chi connectivity index (χ0n) is 12.0. The van der Waals surface area contributed by atoms with Gasteiger partial charge in [0.2, 0.25) is 0 Å². The van der Waals surface area contributed by atoms with E-state index in [2.05, 4.69) is 15.5 Å². The zero-order chi connectivity index (χ0) is 14.5. The van der Waals surface area contributed by atoms with Gasteiger partial charge in [-0.3, -0.25) is 4.79 Å². The molecule has 1 aromatic rings. The van der Waals surface area contributed by atoms with Gasteiger partial charge in [0.1, 0.15) is 5.82 Å². The van der Waals surface area contributed by atoms with E-state index >= 15 is 0 Å². The Bertz CT molecular complexity index is 405. The molecule has 0 unspecified atom stereocenters. The second-order valence-corrected chi connectivity index (χ2v) is 4.77. The predicted octanol–water partition coefficient (Wildman–Crippen LogP) is 1.14. The summed E-state index contributed by atoms with van der Waals surface area (Å²) in [5.74, 6) is 0.381. The fourth-order valence-electron chi connectivity index (χ4n) is 1.70. The predicted molar refractivity (Wildman–Crippen MR) is 74.1 cm³/mol. The highest BCUT2D eigenvalue weighted by molar-refractivity contribution is 5.91. The van der Waals surface area contributed by atoms with Crippen LogP contribution in [0.25, 0.3) is 0 Å². The number of rotatable bonds is 6. The maximum Gasteiger partial charge on any atom is 0.273 e. The maximum absolute atomic E-state index is 11.7. The lowest BCUT2D eigenvalue weighted by Crippen LogP contribution is -2.41. The quantitative estimate of drug-likeness (QED) is 0.807. The number of amides is 1. The summed E-state index contributed by atoms with van der Waals surface area (Å²) >= 11 is 0. The van der Waals surface area contributed by atoms with E-state index in [0.29, 0.717) is 11.5 Å². The third-order valence-electron chi connectivity index (χ3n) is 3.34. The molecular formula is C13H22N4O2. The van der Waals surface area contributed by atoms with Gasteiger partial charge in [-0.1, -0.05) is 13.8 Å². The molecule has 1 aromatic heterocycles. The molecule has 0 radical (unpaired) electrons. The van der Waals surface area contributed by atoms with Gasteiger partial charge in [-0.05, 0) is 25.0 Å². The van der Waals surface area contributed by atoms with E-state index in [0.717, 1.165) is 12.8 Å². The topological polar surface area (TPSA) is 78.4 Å². The van der Waals surface area contributed by atoms with Crippen molar-refractivity contribution in [2.75, 3.05) is 26.0 Å². The molecule has 0 spiro atoms. The van der Waals surface area contributed by atoms with Crippen molar-refractivity contribution >= 4 is 11.7 Å². The Hall–Kier alpha value is -1.69. The van der Waals surface area contributed by atoms with E-state index in [1.165, 1.54) is 4.90 Å². The summed E-state index contributed by atoms with van der Waals surface area (Å²) in [6, 6.07) is 3.34. The van der Waals surface area contributed by atoms with Gasteiger partial charge in [0.05, 0.1) is 12.1 Å². The number of hydrogen-bond acceptors (Lipinski definition) is 5. The summed E-state index contributed by atoms with van der Waals surface area (Å²) in [6.45, 7) is 4.04. The molecular weight excluding hydrogens is 244 g/mol. The first-order valence-electron chi connectivity index (χ1n) is 6.42. The van der Waals surface area contributed by atoms with Crippen molar-refractivity contribution in [3.63, 3.8) is 0 Å². The average Bonchev–Trinajstić information content (AvgIpc) is 2.45. The molecule has 1 amide bonds. The van der Waals surface area contributed by atoms with Crippen LogP contribution in [0.15, 0.2) is 12.1 Å². The van der Waals surface area contributed by atoms with Crippen LogP contribution >= 0.6 is 0 Å². The molecule has 0 saturated heterocycles. The van der Waals surface area contributed by atoms with Gasteiger partial charge in [0, 0.05) is 14.1 Å². The molecule has 2 N–H and O–H groups in total. The first kappa shape index (κ1) is 15.4. The van der Waals surface area contributed by atoms with Gasteiger partial charge in [-0.25, -0.2) is 0 Å². The average molecular weight is 266 g/mol. The first-order valence-corrected chi connectivity index (χ1v) is 6.42. The van der Waals surface area contributed by atoms with Gasteiger partial charge >= 0.3 is 0 Å². The Morgan fingerprint density at radius 3 is 2.32 bits per heavy atom. The van der Waals surface area contributed by atoms with Crippen LogP contribution in [0, 0.1) is 0 Å². The molecule has 0 aliphatic carbocycles. The summed E-state index contributed by atoms with van der Waals surface area (Å²) in [7, 11) is 3.34. The van der Waals surface area contributed by atoms with Crippen molar-refractivity contribution < 1.29 is 9.90 Å². The van der Waals surface area contributed by atoms with Crippen LogP contribution in [0.2, 0.25) is 0 Å². The number of aromatic nitrogens is 2. The summed E-state index contributed by atoms with van der Waals surface area (Å²) in [6.07, 6.45) is 1.56. The van der Waals surface area contributed by atoms with E-state index in [9.17, 15) is 9.90 Å². The highest BCUT2D eigenvalue weighted by atomic mass is 16.3. The number of carbonyl (C=O) groups excluding carboxylic acids is 1. The molecule has 6 nitrogen and oxygen atoms in total. The minimum absolute atomic E-state index is 0.0278. The van der Waals surface area contributed by atoms with Gasteiger partial charge in [0.25, 0.3) is 5.91 Å². The van der Waals surface area contributed by atoms with Crippen molar-refractivity contribution in [3.05, 3.63) is 17.8 Å². The fourth-order valence-corrected chi connectivity index (χ4v) is 1.70. The number of nitrogens with one attached hydrogen (secondary N) is 1. The Balaban J connectivity index is 2.85. The number of carbonyl (C=O) groups is 1. The molecule has 0 bridgehead atoms. The van der Waals surface area contributed by atoms with E-state index in [4.69, 9.17) is 0 Å². The van der Waals surface area contributed by atoms with Crippen LogP contribution in [0.1, 0.15) is 37.2 Å². The minimum atomic E-state index is -0.387. The number of aliphatic hydroxyl groups excluding tert-OH is 1. The molecule has 0 saturated carbocycles. The molecule has 1 heterocycles. The fraction of sp³-hybridized carbons (Fsp3) is 0.615. The van der Waals surface area contributed by atoms with Crippen LogP contribution in [-0.2, 0) is 0 Å². The van der Waals surface area contributed by atoms with Crippen LogP contribution < -0.4 is 5.32 Å². The Labute approximate surface area is 113 Å². The van der Waals surface area contributed by atoms with Gasteiger partial charge in [-0.2, -0.15) is 0 Å². The number of anilines is 1. The molecule has 19 heavy (non-hydrogen) atoms. The maximum atomic E-state index is 11.7. The molecule has 0 fully saturated rings. The van der Waals surface area contributed by atoms with E-state index < -0.39 is 0 Å².